The Labute approximate surface area is 189 Å². The van der Waals surface area contributed by atoms with Crippen molar-refractivity contribution in [2.24, 2.45) is 5.16 Å². The second-order valence-corrected chi connectivity index (χ2v) is 8.09. The number of anilines is 1. The molecule has 3 aromatic rings. The minimum Gasteiger partial charge on any atom is -0.441 e. The number of carbonyl (C=O) groups is 1. The van der Waals surface area contributed by atoms with Crippen LogP contribution >= 0.6 is 0 Å². The lowest BCUT2D eigenvalue weighted by Crippen LogP contribution is -2.25. The number of ether oxygens (including phenoxy) is 1. The van der Waals surface area contributed by atoms with E-state index in [9.17, 15) is 14.3 Å². The van der Waals surface area contributed by atoms with Crippen LogP contribution in [-0.2, 0) is 16.1 Å². The average Bonchev–Trinajstić information content (AvgIpc) is 3.54. The van der Waals surface area contributed by atoms with Gasteiger partial charge < -0.3 is 14.7 Å². The SMILES string of the molecule is Cc1cn(CC2CC(c3ccc(-c4ccc(N5C[C@@H](CO)OC5=O)cc4F)cc3)=NO2)nn1. The third kappa shape index (κ3) is 4.29. The Morgan fingerprint density at radius 3 is 2.61 bits per heavy atom. The summed E-state index contributed by atoms with van der Waals surface area (Å²) in [5, 5.41) is 21.4. The first kappa shape index (κ1) is 21.1. The van der Waals surface area contributed by atoms with E-state index >= 15 is 0 Å². The highest BCUT2D eigenvalue weighted by Crippen LogP contribution is 2.30. The number of halogens is 1. The van der Waals surface area contributed by atoms with Crippen molar-refractivity contribution >= 4 is 17.5 Å². The fourth-order valence-corrected chi connectivity index (χ4v) is 3.97. The van der Waals surface area contributed by atoms with Crippen molar-refractivity contribution in [1.29, 1.82) is 0 Å². The molecular formula is C23H22FN5O4. The average molecular weight is 451 g/mol. The lowest BCUT2D eigenvalue weighted by molar-refractivity contribution is 0.0693. The molecule has 1 unspecified atom stereocenters. The molecule has 3 heterocycles. The molecule has 1 aromatic heterocycles. The highest BCUT2D eigenvalue weighted by molar-refractivity contribution is 6.01. The molecular weight excluding hydrogens is 429 g/mol. The van der Waals surface area contributed by atoms with Gasteiger partial charge >= 0.3 is 6.09 Å². The number of benzene rings is 2. The van der Waals surface area contributed by atoms with Crippen molar-refractivity contribution in [3.05, 3.63) is 65.7 Å². The molecule has 1 saturated heterocycles. The van der Waals surface area contributed by atoms with Crippen LogP contribution in [0.5, 0.6) is 0 Å². The quantitative estimate of drug-likeness (QED) is 0.618. The van der Waals surface area contributed by atoms with E-state index in [4.69, 9.17) is 9.57 Å². The molecule has 170 valence electrons. The van der Waals surface area contributed by atoms with E-state index in [1.165, 1.54) is 11.0 Å². The molecule has 2 atom stereocenters. The van der Waals surface area contributed by atoms with E-state index in [2.05, 4.69) is 15.5 Å². The van der Waals surface area contributed by atoms with Gasteiger partial charge in [0.05, 0.1) is 36.8 Å². The van der Waals surface area contributed by atoms with Crippen LogP contribution in [0.4, 0.5) is 14.9 Å². The monoisotopic (exact) mass is 451 g/mol. The van der Waals surface area contributed by atoms with Crippen LogP contribution < -0.4 is 4.90 Å². The molecule has 2 aliphatic heterocycles. The second-order valence-electron chi connectivity index (χ2n) is 8.09. The van der Waals surface area contributed by atoms with Gasteiger partial charge in [0.25, 0.3) is 0 Å². The van der Waals surface area contributed by atoms with E-state index in [-0.39, 0.29) is 19.3 Å². The Hall–Kier alpha value is -3.79. The molecule has 33 heavy (non-hydrogen) atoms. The first-order valence-corrected chi connectivity index (χ1v) is 10.6. The Balaban J connectivity index is 1.26. The van der Waals surface area contributed by atoms with E-state index in [1.54, 1.807) is 16.8 Å². The highest BCUT2D eigenvalue weighted by Gasteiger charge is 2.32. The van der Waals surface area contributed by atoms with Crippen molar-refractivity contribution in [3.8, 4) is 11.1 Å². The Bertz CT molecular complexity index is 1210. The molecule has 0 aliphatic carbocycles. The molecule has 0 bridgehead atoms. The molecule has 1 N–H and O–H groups in total. The molecule has 1 amide bonds. The highest BCUT2D eigenvalue weighted by atomic mass is 19.1. The maximum atomic E-state index is 14.9. The molecule has 2 aromatic carbocycles. The summed E-state index contributed by atoms with van der Waals surface area (Å²) in [5.74, 6) is -0.453. The van der Waals surface area contributed by atoms with Crippen molar-refractivity contribution in [1.82, 2.24) is 15.0 Å². The number of rotatable bonds is 6. The zero-order chi connectivity index (χ0) is 22.9. The number of cyclic esters (lactones) is 1. The maximum Gasteiger partial charge on any atom is 0.414 e. The van der Waals surface area contributed by atoms with Crippen LogP contribution in [0.1, 0.15) is 17.7 Å². The first-order chi connectivity index (χ1) is 16.0. The number of amides is 1. The smallest absolute Gasteiger partial charge is 0.414 e. The molecule has 9 nitrogen and oxygen atoms in total. The number of aliphatic hydroxyl groups excluding tert-OH is 1. The number of carbonyl (C=O) groups excluding carboxylic acids is 1. The van der Waals surface area contributed by atoms with Gasteiger partial charge in [-0.05, 0) is 36.2 Å². The van der Waals surface area contributed by atoms with Crippen molar-refractivity contribution in [3.63, 3.8) is 0 Å². The molecule has 2 aliphatic rings. The van der Waals surface area contributed by atoms with Gasteiger partial charge in [0.2, 0.25) is 0 Å². The molecule has 1 fully saturated rings. The summed E-state index contributed by atoms with van der Waals surface area (Å²) in [6, 6.07) is 12.0. The number of hydrogen-bond donors (Lipinski definition) is 1. The third-order valence-electron chi connectivity index (χ3n) is 5.65. The van der Waals surface area contributed by atoms with Crippen molar-refractivity contribution in [2.75, 3.05) is 18.1 Å². The molecule has 0 spiro atoms. The number of aromatic nitrogens is 3. The summed E-state index contributed by atoms with van der Waals surface area (Å²) in [6.07, 6.45) is 1.18. The summed E-state index contributed by atoms with van der Waals surface area (Å²) in [7, 11) is 0. The zero-order valence-corrected chi connectivity index (χ0v) is 17.9. The van der Waals surface area contributed by atoms with Gasteiger partial charge in [-0.15, -0.1) is 5.10 Å². The fraction of sp³-hybridized carbons (Fsp3) is 0.304. The molecule has 0 saturated carbocycles. The first-order valence-electron chi connectivity index (χ1n) is 10.6. The van der Waals surface area contributed by atoms with E-state index in [1.807, 2.05) is 37.4 Å². The van der Waals surface area contributed by atoms with E-state index in [0.29, 0.717) is 29.8 Å². The van der Waals surface area contributed by atoms with Crippen LogP contribution in [0.15, 0.2) is 53.8 Å². The predicted molar refractivity (Wildman–Crippen MR) is 117 cm³/mol. The van der Waals surface area contributed by atoms with Gasteiger partial charge in [-0.1, -0.05) is 34.6 Å². The van der Waals surface area contributed by atoms with Gasteiger partial charge in [-0.25, -0.2) is 13.9 Å². The summed E-state index contributed by atoms with van der Waals surface area (Å²) >= 11 is 0. The summed E-state index contributed by atoms with van der Waals surface area (Å²) < 4.78 is 21.6. The summed E-state index contributed by atoms with van der Waals surface area (Å²) in [5.41, 5.74) is 4.09. The largest absolute Gasteiger partial charge is 0.441 e. The zero-order valence-electron chi connectivity index (χ0n) is 17.9. The Morgan fingerprint density at radius 2 is 1.94 bits per heavy atom. The minimum absolute atomic E-state index is 0.117. The van der Waals surface area contributed by atoms with Crippen LogP contribution in [0.25, 0.3) is 11.1 Å². The Kier molecular flexibility index (Phi) is 5.51. The normalized spacial score (nSPS) is 20.0. The van der Waals surface area contributed by atoms with Crippen LogP contribution in [0.2, 0.25) is 0 Å². The molecule has 10 heteroatoms. The number of oxime groups is 1. The van der Waals surface area contributed by atoms with Gasteiger partial charge in [0, 0.05) is 18.2 Å². The number of aliphatic hydroxyl groups is 1. The lowest BCUT2D eigenvalue weighted by atomic mass is 9.99. The second kappa shape index (κ2) is 8.62. The standard InChI is InChI=1S/C23H22FN5O4/c1-14-10-28(27-25-14)11-18-9-22(26-33-18)16-4-2-15(3-5-16)20-7-6-17(8-21(20)24)29-12-19(13-30)32-23(29)31/h2-8,10,18-19,30H,9,11-13H2,1H3/t18?,19-/m0/s1. The predicted octanol–water partition coefficient (Wildman–Crippen LogP) is 2.90. The Morgan fingerprint density at radius 1 is 1.15 bits per heavy atom. The minimum atomic E-state index is -0.602. The van der Waals surface area contributed by atoms with Gasteiger partial charge in [0.1, 0.15) is 11.9 Å². The molecule has 5 rings (SSSR count). The van der Waals surface area contributed by atoms with Gasteiger partial charge in [0.15, 0.2) is 6.10 Å². The van der Waals surface area contributed by atoms with Crippen molar-refractivity contribution in [2.45, 2.75) is 32.1 Å². The van der Waals surface area contributed by atoms with Crippen LogP contribution in [0.3, 0.4) is 0 Å². The van der Waals surface area contributed by atoms with Gasteiger partial charge in [-0.3, -0.25) is 4.90 Å². The fourth-order valence-electron chi connectivity index (χ4n) is 3.97. The maximum absolute atomic E-state index is 14.9. The summed E-state index contributed by atoms with van der Waals surface area (Å²) in [6.45, 7) is 2.36. The van der Waals surface area contributed by atoms with Gasteiger partial charge in [-0.2, -0.15) is 0 Å². The van der Waals surface area contributed by atoms with Crippen LogP contribution in [0, 0.1) is 12.7 Å². The van der Waals surface area contributed by atoms with E-state index in [0.717, 1.165) is 17.0 Å². The van der Waals surface area contributed by atoms with E-state index < -0.39 is 18.0 Å². The lowest BCUT2D eigenvalue weighted by Gasteiger charge is -2.14. The summed E-state index contributed by atoms with van der Waals surface area (Å²) in [4.78, 5) is 18.8. The number of nitrogens with zero attached hydrogens (tertiary/aromatic N) is 5. The third-order valence-corrected chi connectivity index (χ3v) is 5.65. The number of aryl methyl sites for hydroxylation is 1. The number of hydrogen-bond acceptors (Lipinski definition) is 7. The van der Waals surface area contributed by atoms with Crippen molar-refractivity contribution < 1.29 is 23.9 Å². The van der Waals surface area contributed by atoms with Crippen LogP contribution in [-0.4, -0.2) is 57.3 Å². The molecule has 0 radical (unpaired) electrons. The topological polar surface area (TPSA) is 102 Å².